The van der Waals surface area contributed by atoms with E-state index in [4.69, 9.17) is 5.11 Å². The Hall–Kier alpha value is -1.93. The molecule has 1 unspecified atom stereocenters. The first-order valence-electron chi connectivity index (χ1n) is 8.32. The van der Waals surface area contributed by atoms with Crippen molar-refractivity contribution in [2.24, 2.45) is 0 Å². The number of benzene rings is 1. The third kappa shape index (κ3) is 5.27. The van der Waals surface area contributed by atoms with E-state index in [2.05, 4.69) is 10.0 Å². The minimum absolute atomic E-state index is 0.0514. The molecular weight excluding hydrogens is 344 g/mol. The minimum Gasteiger partial charge on any atom is -0.480 e. The third-order valence-corrected chi connectivity index (χ3v) is 5.90. The lowest BCUT2D eigenvalue weighted by atomic mass is 9.98. The number of nitrogens with one attached hydrogen (secondary N) is 2. The van der Waals surface area contributed by atoms with Crippen molar-refractivity contribution < 1.29 is 23.1 Å². The molecule has 1 aliphatic carbocycles. The molecule has 1 amide bonds. The Morgan fingerprint density at radius 3 is 2.32 bits per heavy atom. The van der Waals surface area contributed by atoms with E-state index in [9.17, 15) is 18.0 Å². The Balaban J connectivity index is 1.91. The number of sulfonamides is 1. The fraction of sp³-hybridized carbons (Fsp3) is 0.529. The average Bonchev–Trinajstić information content (AvgIpc) is 3.36. The van der Waals surface area contributed by atoms with Crippen LogP contribution in [-0.2, 0) is 26.0 Å². The number of hydrogen-bond acceptors (Lipinski definition) is 4. The van der Waals surface area contributed by atoms with Gasteiger partial charge in [0.1, 0.15) is 5.54 Å². The molecule has 0 spiro atoms. The van der Waals surface area contributed by atoms with Crippen LogP contribution in [0.4, 0.5) is 0 Å². The van der Waals surface area contributed by atoms with Gasteiger partial charge in [0.2, 0.25) is 15.9 Å². The molecule has 0 saturated heterocycles. The Morgan fingerprint density at radius 1 is 1.24 bits per heavy atom. The van der Waals surface area contributed by atoms with Crippen LogP contribution in [0.1, 0.15) is 45.1 Å². The molecule has 1 aliphatic rings. The van der Waals surface area contributed by atoms with Crippen molar-refractivity contribution in [1.82, 2.24) is 10.0 Å². The van der Waals surface area contributed by atoms with Gasteiger partial charge in [-0.15, -0.1) is 0 Å². The second-order valence-electron chi connectivity index (χ2n) is 6.58. The molecule has 1 saturated carbocycles. The van der Waals surface area contributed by atoms with Crippen molar-refractivity contribution in [3.63, 3.8) is 0 Å². The molecule has 1 aromatic rings. The molecule has 8 heteroatoms. The van der Waals surface area contributed by atoms with Gasteiger partial charge in [0, 0.05) is 12.5 Å². The third-order valence-electron chi connectivity index (χ3n) is 4.37. The molecule has 0 aromatic heterocycles. The molecule has 0 heterocycles. The van der Waals surface area contributed by atoms with E-state index in [1.54, 1.807) is 19.1 Å². The van der Waals surface area contributed by atoms with Gasteiger partial charge in [0.05, 0.1) is 4.90 Å². The van der Waals surface area contributed by atoms with Crippen molar-refractivity contribution in [3.05, 3.63) is 29.8 Å². The van der Waals surface area contributed by atoms with E-state index in [-0.39, 0.29) is 29.7 Å². The van der Waals surface area contributed by atoms with Crippen molar-refractivity contribution in [2.75, 3.05) is 0 Å². The summed E-state index contributed by atoms with van der Waals surface area (Å²) in [5, 5.41) is 11.7. The number of rotatable bonds is 9. The average molecular weight is 368 g/mol. The van der Waals surface area contributed by atoms with Crippen LogP contribution in [0.15, 0.2) is 29.2 Å². The summed E-state index contributed by atoms with van der Waals surface area (Å²) in [6.45, 7) is 3.17. The fourth-order valence-corrected chi connectivity index (χ4v) is 3.55. The normalized spacial score (nSPS) is 16.9. The zero-order valence-corrected chi connectivity index (χ0v) is 15.2. The van der Waals surface area contributed by atoms with Gasteiger partial charge in [-0.2, -0.15) is 0 Å². The van der Waals surface area contributed by atoms with Crippen molar-refractivity contribution in [3.8, 4) is 0 Å². The molecule has 138 valence electrons. The maximum absolute atomic E-state index is 12.1. The van der Waals surface area contributed by atoms with E-state index in [0.29, 0.717) is 6.42 Å². The number of carbonyl (C=O) groups is 2. The van der Waals surface area contributed by atoms with E-state index >= 15 is 0 Å². The van der Waals surface area contributed by atoms with Crippen LogP contribution in [-0.4, -0.2) is 37.0 Å². The van der Waals surface area contributed by atoms with Crippen LogP contribution < -0.4 is 10.0 Å². The molecule has 2 rings (SSSR count). The molecule has 0 aliphatic heterocycles. The fourth-order valence-electron chi connectivity index (χ4n) is 2.25. The van der Waals surface area contributed by atoms with Gasteiger partial charge in [-0.25, -0.2) is 17.9 Å². The second kappa shape index (κ2) is 7.53. The van der Waals surface area contributed by atoms with Gasteiger partial charge in [-0.3, -0.25) is 4.79 Å². The van der Waals surface area contributed by atoms with Crippen LogP contribution in [0.25, 0.3) is 0 Å². The molecule has 7 nitrogen and oxygen atoms in total. The summed E-state index contributed by atoms with van der Waals surface area (Å²) in [4.78, 5) is 23.4. The Bertz CT molecular complexity index is 741. The molecule has 3 N–H and O–H groups in total. The lowest BCUT2D eigenvalue weighted by Gasteiger charge is -2.24. The summed E-state index contributed by atoms with van der Waals surface area (Å²) in [5.41, 5.74) is -0.460. The van der Waals surface area contributed by atoms with Gasteiger partial charge >= 0.3 is 5.97 Å². The molecule has 1 fully saturated rings. The molecule has 0 radical (unpaired) electrons. The molecule has 1 atom stereocenters. The first-order chi connectivity index (χ1) is 11.7. The van der Waals surface area contributed by atoms with Gasteiger partial charge < -0.3 is 10.4 Å². The second-order valence-corrected chi connectivity index (χ2v) is 8.29. The maximum Gasteiger partial charge on any atom is 0.329 e. The monoisotopic (exact) mass is 368 g/mol. The van der Waals surface area contributed by atoms with Crippen molar-refractivity contribution in [2.45, 2.75) is 62.4 Å². The van der Waals surface area contributed by atoms with Crippen molar-refractivity contribution >= 4 is 21.9 Å². The van der Waals surface area contributed by atoms with Crippen LogP contribution in [0, 0.1) is 0 Å². The number of hydrogen-bond donors (Lipinski definition) is 3. The highest BCUT2D eigenvalue weighted by Gasteiger charge is 2.32. The maximum atomic E-state index is 12.1. The topological polar surface area (TPSA) is 113 Å². The van der Waals surface area contributed by atoms with Crippen LogP contribution >= 0.6 is 0 Å². The van der Waals surface area contributed by atoms with Crippen LogP contribution in [0.3, 0.4) is 0 Å². The quantitative estimate of drug-likeness (QED) is 0.610. The van der Waals surface area contributed by atoms with E-state index in [1.807, 2.05) is 0 Å². The SMILES string of the molecule is CCC(C)(NC(=O)CCc1ccc(S(=O)(=O)NC2CC2)cc1)C(=O)O. The summed E-state index contributed by atoms with van der Waals surface area (Å²) in [6, 6.07) is 6.43. The Morgan fingerprint density at radius 2 is 1.84 bits per heavy atom. The lowest BCUT2D eigenvalue weighted by molar-refractivity contribution is -0.147. The highest BCUT2D eigenvalue weighted by molar-refractivity contribution is 7.89. The number of carboxylic acid groups (broad SMARTS) is 1. The summed E-state index contributed by atoms with van der Waals surface area (Å²) in [6.07, 6.45) is 2.57. The molecule has 25 heavy (non-hydrogen) atoms. The van der Waals surface area contributed by atoms with E-state index in [0.717, 1.165) is 18.4 Å². The van der Waals surface area contributed by atoms with Crippen LogP contribution in [0.2, 0.25) is 0 Å². The Kier molecular flexibility index (Phi) is 5.84. The predicted octanol–water partition coefficient (Wildman–Crippen LogP) is 1.43. The van der Waals surface area contributed by atoms with Gasteiger partial charge in [-0.05, 0) is 50.3 Å². The first-order valence-corrected chi connectivity index (χ1v) is 9.80. The molecule has 0 bridgehead atoms. The number of carboxylic acids is 1. The highest BCUT2D eigenvalue weighted by atomic mass is 32.2. The largest absolute Gasteiger partial charge is 0.480 e. The summed E-state index contributed by atoms with van der Waals surface area (Å²) in [7, 11) is -3.48. The number of aliphatic carboxylic acids is 1. The predicted molar refractivity (Wildman–Crippen MR) is 92.6 cm³/mol. The lowest BCUT2D eigenvalue weighted by Crippen LogP contribution is -2.51. The number of aryl methyl sites for hydroxylation is 1. The highest BCUT2D eigenvalue weighted by Crippen LogP contribution is 2.22. The summed E-state index contributed by atoms with van der Waals surface area (Å²) < 4.78 is 26.8. The van der Waals surface area contributed by atoms with E-state index in [1.165, 1.54) is 19.1 Å². The van der Waals surface area contributed by atoms with Gasteiger partial charge in [-0.1, -0.05) is 19.1 Å². The Labute approximate surface area is 147 Å². The molecule has 1 aromatic carbocycles. The zero-order chi connectivity index (χ0) is 18.7. The standard InChI is InChI=1S/C17H24N2O5S/c1-3-17(2,16(21)22)18-15(20)11-6-12-4-9-14(10-5-12)25(23,24)19-13-7-8-13/h4-5,9-10,13,19H,3,6-8,11H2,1-2H3,(H,18,20)(H,21,22). The summed E-state index contributed by atoms with van der Waals surface area (Å²) in [5.74, 6) is -1.42. The van der Waals surface area contributed by atoms with Gasteiger partial charge in [0.15, 0.2) is 0 Å². The van der Waals surface area contributed by atoms with Gasteiger partial charge in [0.25, 0.3) is 0 Å². The summed E-state index contributed by atoms with van der Waals surface area (Å²) >= 11 is 0. The first kappa shape index (κ1) is 19.4. The minimum atomic E-state index is -3.48. The molecular formula is C17H24N2O5S. The van der Waals surface area contributed by atoms with E-state index < -0.39 is 21.5 Å². The zero-order valence-electron chi connectivity index (χ0n) is 14.4. The van der Waals surface area contributed by atoms with Crippen LogP contribution in [0.5, 0.6) is 0 Å². The van der Waals surface area contributed by atoms with Crippen molar-refractivity contribution in [1.29, 1.82) is 0 Å². The number of carbonyl (C=O) groups excluding carboxylic acids is 1. The number of amides is 1. The smallest absolute Gasteiger partial charge is 0.329 e.